The van der Waals surface area contributed by atoms with Crippen LogP contribution in [0.3, 0.4) is 0 Å². The number of carbonyl (C=O) groups is 1. The maximum atomic E-state index is 13.2. The van der Waals surface area contributed by atoms with E-state index in [0.29, 0.717) is 23.7 Å². The van der Waals surface area contributed by atoms with Crippen LogP contribution in [0.2, 0.25) is 0 Å². The van der Waals surface area contributed by atoms with Gasteiger partial charge in [0.25, 0.3) is 5.91 Å². The molecule has 0 spiro atoms. The molecule has 5 nitrogen and oxygen atoms in total. The summed E-state index contributed by atoms with van der Waals surface area (Å²) >= 11 is 1.36. The van der Waals surface area contributed by atoms with E-state index >= 15 is 0 Å². The van der Waals surface area contributed by atoms with E-state index in [-0.39, 0.29) is 5.91 Å². The maximum Gasteiger partial charge on any atom is 0.270 e. The minimum atomic E-state index is -0.0496. The van der Waals surface area contributed by atoms with Crippen LogP contribution in [-0.2, 0) is 17.8 Å². The number of thiophene rings is 1. The number of hydrogen-bond acceptors (Lipinski definition) is 5. The largest absolute Gasteiger partial charge is 0.397 e. The molecule has 1 amide bonds. The van der Waals surface area contributed by atoms with E-state index in [0.717, 1.165) is 33.6 Å². The molecule has 6 heteroatoms. The number of fused-ring (bicyclic) bond motifs is 2. The van der Waals surface area contributed by atoms with Gasteiger partial charge in [-0.25, -0.2) is 4.98 Å². The Hall–Kier alpha value is -2.44. The summed E-state index contributed by atoms with van der Waals surface area (Å²) in [6, 6.07) is 9.99. The molecule has 3 aromatic rings. The van der Waals surface area contributed by atoms with Crippen molar-refractivity contribution in [2.24, 2.45) is 0 Å². The molecule has 0 saturated heterocycles. The lowest BCUT2D eigenvalue weighted by molar-refractivity contribution is 0.0994. The number of aromatic nitrogens is 1. The lowest BCUT2D eigenvalue weighted by Crippen LogP contribution is -2.28. The molecule has 0 atom stereocenters. The predicted octanol–water partition coefficient (Wildman–Crippen LogP) is 3.54. The topological polar surface area (TPSA) is 68.5 Å². The average Bonchev–Trinajstić information content (AvgIpc) is 3.16. The molecule has 0 radical (unpaired) electrons. The Kier molecular flexibility index (Phi) is 3.94. The second-order valence-electron chi connectivity index (χ2n) is 6.22. The number of nitrogens with two attached hydrogens (primary N) is 1. The van der Waals surface area contributed by atoms with Gasteiger partial charge in [-0.1, -0.05) is 18.2 Å². The lowest BCUT2D eigenvalue weighted by Gasteiger charge is -2.16. The van der Waals surface area contributed by atoms with Crippen molar-refractivity contribution < 1.29 is 9.53 Å². The fourth-order valence-electron chi connectivity index (χ4n) is 3.44. The summed E-state index contributed by atoms with van der Waals surface area (Å²) in [5.74, 6) is -0.0496. The molecular formula is C19H19N3O2S. The Balaban J connectivity index is 1.81. The monoisotopic (exact) mass is 353 g/mol. The molecule has 1 aliphatic rings. The number of nitrogen functional groups attached to an aromatic ring is 1. The molecule has 2 aromatic heterocycles. The quantitative estimate of drug-likeness (QED) is 0.782. The molecule has 0 saturated carbocycles. The summed E-state index contributed by atoms with van der Waals surface area (Å²) in [6.07, 6.45) is 0.874. The van der Waals surface area contributed by atoms with E-state index < -0.39 is 0 Å². The number of anilines is 2. The van der Waals surface area contributed by atoms with Gasteiger partial charge < -0.3 is 15.4 Å². The van der Waals surface area contributed by atoms with Crippen LogP contribution in [0.25, 0.3) is 10.2 Å². The van der Waals surface area contributed by atoms with Crippen LogP contribution in [0.1, 0.15) is 26.5 Å². The van der Waals surface area contributed by atoms with Gasteiger partial charge in [0.1, 0.15) is 9.71 Å². The second-order valence-corrected chi connectivity index (χ2v) is 7.22. The predicted molar refractivity (Wildman–Crippen MR) is 101 cm³/mol. The van der Waals surface area contributed by atoms with Gasteiger partial charge in [-0.15, -0.1) is 11.3 Å². The molecule has 0 bridgehead atoms. The zero-order chi connectivity index (χ0) is 17.6. The van der Waals surface area contributed by atoms with E-state index in [2.05, 4.69) is 11.1 Å². The first-order chi connectivity index (χ1) is 12.1. The number of carbonyl (C=O) groups excluding carboxylic acids is 1. The number of nitrogens with zero attached hydrogens (tertiary/aromatic N) is 2. The highest BCUT2D eigenvalue weighted by molar-refractivity contribution is 7.21. The van der Waals surface area contributed by atoms with Gasteiger partial charge in [0.05, 0.1) is 12.3 Å². The van der Waals surface area contributed by atoms with Gasteiger partial charge in [-0.3, -0.25) is 4.79 Å². The number of amides is 1. The summed E-state index contributed by atoms with van der Waals surface area (Å²) in [5.41, 5.74) is 10.9. The number of para-hydroxylation sites is 1. The third-order valence-corrected chi connectivity index (χ3v) is 5.62. The van der Waals surface area contributed by atoms with Crippen molar-refractivity contribution in [3.05, 3.63) is 52.0 Å². The van der Waals surface area contributed by atoms with Crippen molar-refractivity contribution in [2.45, 2.75) is 20.0 Å². The van der Waals surface area contributed by atoms with Crippen molar-refractivity contribution in [1.29, 1.82) is 0 Å². The van der Waals surface area contributed by atoms with E-state index in [4.69, 9.17) is 10.5 Å². The van der Waals surface area contributed by atoms with E-state index in [1.54, 1.807) is 7.11 Å². The van der Waals surface area contributed by atoms with Crippen LogP contribution in [0, 0.1) is 6.92 Å². The number of rotatable bonds is 3. The first-order valence-corrected chi connectivity index (χ1v) is 8.99. The highest BCUT2D eigenvalue weighted by Gasteiger charge is 2.29. The zero-order valence-electron chi connectivity index (χ0n) is 14.2. The maximum absolute atomic E-state index is 13.2. The SMILES string of the molecule is COCc1cc(C)nc2sc(C(=O)N3CCc4ccccc43)c(N)c12. The highest BCUT2D eigenvalue weighted by atomic mass is 32.1. The molecule has 1 aromatic carbocycles. The normalized spacial score (nSPS) is 13.4. The van der Waals surface area contributed by atoms with Crippen LogP contribution < -0.4 is 10.6 Å². The highest BCUT2D eigenvalue weighted by Crippen LogP contribution is 2.38. The summed E-state index contributed by atoms with van der Waals surface area (Å²) in [7, 11) is 1.65. The summed E-state index contributed by atoms with van der Waals surface area (Å²) < 4.78 is 5.29. The fourth-order valence-corrected chi connectivity index (χ4v) is 4.57. The standard InChI is InChI=1S/C19H19N3O2S/c1-11-9-13(10-24-2)15-16(20)17(25-18(15)21-11)19(23)22-8-7-12-5-3-4-6-14(12)22/h3-6,9H,7-8,10,20H2,1-2H3. The Bertz CT molecular complexity index is 980. The molecule has 0 fully saturated rings. The van der Waals surface area contributed by atoms with Crippen molar-refractivity contribution in [3.8, 4) is 0 Å². The Morgan fingerprint density at radius 2 is 2.20 bits per heavy atom. The molecule has 128 valence electrons. The average molecular weight is 353 g/mol. The number of hydrogen-bond donors (Lipinski definition) is 1. The molecule has 3 heterocycles. The summed E-state index contributed by atoms with van der Waals surface area (Å²) in [6.45, 7) is 3.07. The molecule has 25 heavy (non-hydrogen) atoms. The van der Waals surface area contributed by atoms with E-state index in [1.807, 2.05) is 36.1 Å². The van der Waals surface area contributed by atoms with Crippen molar-refractivity contribution >= 4 is 38.8 Å². The number of aryl methyl sites for hydroxylation is 1. The van der Waals surface area contributed by atoms with E-state index in [9.17, 15) is 4.79 Å². The zero-order valence-corrected chi connectivity index (χ0v) is 15.0. The van der Waals surface area contributed by atoms with Crippen molar-refractivity contribution in [2.75, 3.05) is 24.3 Å². The first-order valence-electron chi connectivity index (χ1n) is 8.17. The van der Waals surface area contributed by atoms with E-state index in [1.165, 1.54) is 16.9 Å². The van der Waals surface area contributed by atoms with Gasteiger partial charge in [0.15, 0.2) is 0 Å². The van der Waals surface area contributed by atoms with Gasteiger partial charge >= 0.3 is 0 Å². The second kappa shape index (κ2) is 6.13. The number of ether oxygens (including phenoxy) is 1. The third kappa shape index (κ3) is 2.58. The lowest BCUT2D eigenvalue weighted by atomic mass is 10.1. The van der Waals surface area contributed by atoms with Crippen LogP contribution in [-0.4, -0.2) is 24.5 Å². The fraction of sp³-hybridized carbons (Fsp3) is 0.263. The smallest absolute Gasteiger partial charge is 0.270 e. The Morgan fingerprint density at radius 3 is 3.00 bits per heavy atom. The van der Waals surface area contributed by atoms with Crippen molar-refractivity contribution in [1.82, 2.24) is 4.98 Å². The number of methoxy groups -OCH3 is 1. The molecule has 1 aliphatic heterocycles. The molecule has 0 aliphatic carbocycles. The van der Waals surface area contributed by atoms with Crippen LogP contribution in [0.5, 0.6) is 0 Å². The van der Waals surface area contributed by atoms with Crippen molar-refractivity contribution in [3.63, 3.8) is 0 Å². The van der Waals surface area contributed by atoms with Crippen LogP contribution in [0.4, 0.5) is 11.4 Å². The van der Waals surface area contributed by atoms with Crippen LogP contribution in [0.15, 0.2) is 30.3 Å². The van der Waals surface area contributed by atoms with Gasteiger partial charge in [0.2, 0.25) is 0 Å². The third-order valence-electron chi connectivity index (χ3n) is 4.54. The Labute approximate surface area is 150 Å². The number of benzene rings is 1. The van der Waals surface area contributed by atoms with Crippen LogP contribution >= 0.6 is 11.3 Å². The molecule has 2 N–H and O–H groups in total. The Morgan fingerprint density at radius 1 is 1.40 bits per heavy atom. The van der Waals surface area contributed by atoms with Gasteiger partial charge in [0, 0.05) is 30.4 Å². The molecule has 4 rings (SSSR count). The summed E-state index contributed by atoms with van der Waals surface area (Å²) in [4.78, 5) is 20.9. The van der Waals surface area contributed by atoms with Gasteiger partial charge in [-0.05, 0) is 36.6 Å². The minimum absolute atomic E-state index is 0.0496. The first kappa shape index (κ1) is 16.1. The van der Waals surface area contributed by atoms with Gasteiger partial charge in [-0.2, -0.15) is 0 Å². The summed E-state index contributed by atoms with van der Waals surface area (Å²) in [5, 5.41) is 0.841. The number of pyridine rings is 1. The molecular weight excluding hydrogens is 334 g/mol. The minimum Gasteiger partial charge on any atom is -0.397 e. The molecule has 0 unspecified atom stereocenters.